The maximum absolute atomic E-state index is 12.9. The predicted molar refractivity (Wildman–Crippen MR) is 89.4 cm³/mol. The number of methoxy groups -OCH3 is 2. The van der Waals surface area contributed by atoms with E-state index in [2.05, 4.69) is 6.58 Å². The molecule has 5 heteroatoms. The molecule has 1 aromatic carbocycles. The molecule has 1 amide bonds. The molecule has 1 heterocycles. The number of benzene rings is 1. The molecule has 2 unspecified atom stereocenters. The molecular weight excluding hydrogens is 294 g/mol. The van der Waals surface area contributed by atoms with Crippen molar-refractivity contribution in [2.45, 2.75) is 32.5 Å². The van der Waals surface area contributed by atoms with Crippen LogP contribution in [0.15, 0.2) is 24.8 Å². The van der Waals surface area contributed by atoms with Crippen LogP contribution in [0.2, 0.25) is 0 Å². The minimum atomic E-state index is -0.0155. The van der Waals surface area contributed by atoms with Crippen molar-refractivity contribution >= 4 is 5.91 Å². The van der Waals surface area contributed by atoms with Crippen LogP contribution < -0.4 is 9.47 Å². The Balaban J connectivity index is 2.36. The van der Waals surface area contributed by atoms with Gasteiger partial charge in [-0.1, -0.05) is 6.08 Å². The topological polar surface area (TPSA) is 48.0 Å². The second-order valence-electron chi connectivity index (χ2n) is 5.83. The van der Waals surface area contributed by atoms with Crippen LogP contribution in [-0.2, 0) is 11.2 Å². The van der Waals surface area contributed by atoms with Crippen molar-refractivity contribution in [1.29, 1.82) is 0 Å². The van der Waals surface area contributed by atoms with Crippen molar-refractivity contribution in [1.82, 2.24) is 4.90 Å². The van der Waals surface area contributed by atoms with Crippen LogP contribution in [0.4, 0.5) is 0 Å². The summed E-state index contributed by atoms with van der Waals surface area (Å²) in [6, 6.07) is 3.59. The zero-order chi connectivity index (χ0) is 17.0. The van der Waals surface area contributed by atoms with Gasteiger partial charge < -0.3 is 19.1 Å². The summed E-state index contributed by atoms with van der Waals surface area (Å²) >= 11 is 0. The van der Waals surface area contributed by atoms with Crippen LogP contribution in [0.1, 0.15) is 29.8 Å². The van der Waals surface area contributed by atoms with Gasteiger partial charge in [-0.15, -0.1) is 6.58 Å². The number of rotatable bonds is 5. The number of carbonyl (C=O) groups excluding carboxylic acids is 1. The van der Waals surface area contributed by atoms with Gasteiger partial charge in [0.2, 0.25) is 0 Å². The molecule has 5 nitrogen and oxygen atoms in total. The van der Waals surface area contributed by atoms with Crippen LogP contribution in [0.5, 0.6) is 11.5 Å². The lowest BCUT2D eigenvalue weighted by Crippen LogP contribution is -2.48. The molecule has 0 aliphatic carbocycles. The monoisotopic (exact) mass is 319 g/mol. The quantitative estimate of drug-likeness (QED) is 0.783. The normalized spacial score (nSPS) is 21.0. The molecular formula is C18H25NO4. The summed E-state index contributed by atoms with van der Waals surface area (Å²) in [4.78, 5) is 14.7. The second-order valence-corrected chi connectivity index (χ2v) is 5.83. The fourth-order valence-electron chi connectivity index (χ4n) is 3.00. The number of morpholine rings is 1. The molecule has 2 atom stereocenters. The van der Waals surface area contributed by atoms with Crippen molar-refractivity contribution in [3.63, 3.8) is 0 Å². The summed E-state index contributed by atoms with van der Waals surface area (Å²) < 4.78 is 16.5. The van der Waals surface area contributed by atoms with Crippen LogP contribution in [0, 0.1) is 0 Å². The number of allylic oxidation sites excluding steroid dienone is 1. The molecule has 23 heavy (non-hydrogen) atoms. The fraction of sp³-hybridized carbons (Fsp3) is 0.500. The van der Waals surface area contributed by atoms with Gasteiger partial charge in [0.05, 0.1) is 26.4 Å². The van der Waals surface area contributed by atoms with Gasteiger partial charge >= 0.3 is 0 Å². The van der Waals surface area contributed by atoms with Crippen molar-refractivity contribution < 1.29 is 19.0 Å². The van der Waals surface area contributed by atoms with Crippen molar-refractivity contribution in [3.05, 3.63) is 35.9 Å². The zero-order valence-electron chi connectivity index (χ0n) is 14.3. The first-order chi connectivity index (χ1) is 11.0. The van der Waals surface area contributed by atoms with Gasteiger partial charge in [0.1, 0.15) is 0 Å². The van der Waals surface area contributed by atoms with E-state index >= 15 is 0 Å². The van der Waals surface area contributed by atoms with Gasteiger partial charge in [0.15, 0.2) is 11.5 Å². The summed E-state index contributed by atoms with van der Waals surface area (Å²) in [5.41, 5.74) is 1.49. The number of hydrogen-bond acceptors (Lipinski definition) is 4. The first-order valence-corrected chi connectivity index (χ1v) is 7.80. The summed E-state index contributed by atoms with van der Waals surface area (Å²) in [7, 11) is 3.17. The van der Waals surface area contributed by atoms with E-state index in [4.69, 9.17) is 14.2 Å². The molecule has 1 aliphatic rings. The third-order valence-corrected chi connectivity index (χ3v) is 3.87. The standard InChI is InChI=1S/C18H25NO4/c1-6-7-14-8-15(9-16(21-4)17(14)22-5)18(20)19-10-12(2)23-13(3)11-19/h6,8-9,12-13H,1,7,10-11H2,2-5H3. The minimum Gasteiger partial charge on any atom is -0.493 e. The molecule has 0 N–H and O–H groups in total. The van der Waals surface area contributed by atoms with E-state index in [0.29, 0.717) is 36.6 Å². The van der Waals surface area contributed by atoms with E-state index in [1.165, 1.54) is 0 Å². The largest absolute Gasteiger partial charge is 0.493 e. The highest BCUT2D eigenvalue weighted by atomic mass is 16.5. The highest BCUT2D eigenvalue weighted by molar-refractivity contribution is 5.95. The number of ether oxygens (including phenoxy) is 3. The Hall–Kier alpha value is -2.01. The molecule has 1 aliphatic heterocycles. The van der Waals surface area contributed by atoms with Gasteiger partial charge in [-0.2, -0.15) is 0 Å². The average molecular weight is 319 g/mol. The lowest BCUT2D eigenvalue weighted by molar-refractivity contribution is -0.0586. The van der Waals surface area contributed by atoms with E-state index < -0.39 is 0 Å². The number of hydrogen-bond donors (Lipinski definition) is 0. The van der Waals surface area contributed by atoms with Gasteiger partial charge in [-0.05, 0) is 32.4 Å². The van der Waals surface area contributed by atoms with Crippen LogP contribution in [0.25, 0.3) is 0 Å². The Morgan fingerprint density at radius 1 is 1.30 bits per heavy atom. The smallest absolute Gasteiger partial charge is 0.254 e. The Labute approximate surface area is 137 Å². The first kappa shape index (κ1) is 17.3. The van der Waals surface area contributed by atoms with E-state index in [-0.39, 0.29) is 18.1 Å². The summed E-state index contributed by atoms with van der Waals surface area (Å²) in [5.74, 6) is 1.19. The van der Waals surface area contributed by atoms with Crippen LogP contribution in [-0.4, -0.2) is 50.3 Å². The number of nitrogens with zero attached hydrogens (tertiary/aromatic N) is 1. The van der Waals surface area contributed by atoms with E-state index in [0.717, 1.165) is 5.56 Å². The highest BCUT2D eigenvalue weighted by Gasteiger charge is 2.27. The van der Waals surface area contributed by atoms with Gasteiger partial charge in [0, 0.05) is 24.2 Å². The van der Waals surface area contributed by atoms with Crippen LogP contribution >= 0.6 is 0 Å². The molecule has 0 radical (unpaired) electrons. The molecule has 2 rings (SSSR count). The average Bonchev–Trinajstić information content (AvgIpc) is 2.52. The molecule has 1 aromatic rings. The minimum absolute atomic E-state index is 0.0155. The Morgan fingerprint density at radius 3 is 2.48 bits per heavy atom. The maximum Gasteiger partial charge on any atom is 0.254 e. The lowest BCUT2D eigenvalue weighted by atomic mass is 10.0. The maximum atomic E-state index is 12.9. The number of amides is 1. The summed E-state index contributed by atoms with van der Waals surface area (Å²) in [6.45, 7) is 8.91. The third kappa shape index (κ3) is 3.85. The first-order valence-electron chi connectivity index (χ1n) is 7.80. The highest BCUT2D eigenvalue weighted by Crippen LogP contribution is 2.33. The predicted octanol–water partition coefficient (Wildman–Crippen LogP) is 2.68. The summed E-state index contributed by atoms with van der Waals surface area (Å²) in [6.07, 6.45) is 2.46. The van der Waals surface area contributed by atoms with Gasteiger partial charge in [-0.3, -0.25) is 4.79 Å². The van der Waals surface area contributed by atoms with Crippen molar-refractivity contribution in [2.75, 3.05) is 27.3 Å². The zero-order valence-corrected chi connectivity index (χ0v) is 14.3. The molecule has 0 saturated carbocycles. The molecule has 0 bridgehead atoms. The molecule has 126 valence electrons. The third-order valence-electron chi connectivity index (χ3n) is 3.87. The van der Waals surface area contributed by atoms with E-state index in [1.54, 1.807) is 26.4 Å². The fourth-order valence-corrected chi connectivity index (χ4v) is 3.00. The van der Waals surface area contributed by atoms with Gasteiger partial charge in [-0.25, -0.2) is 0 Å². The SMILES string of the molecule is C=CCc1cc(C(=O)N2CC(C)OC(C)C2)cc(OC)c1OC. The Bertz CT molecular complexity index is 575. The van der Waals surface area contributed by atoms with E-state index in [9.17, 15) is 4.79 Å². The van der Waals surface area contributed by atoms with E-state index in [1.807, 2.05) is 24.8 Å². The molecule has 0 spiro atoms. The second kappa shape index (κ2) is 7.51. The summed E-state index contributed by atoms with van der Waals surface area (Å²) in [5, 5.41) is 0. The lowest BCUT2D eigenvalue weighted by Gasteiger charge is -2.35. The molecule has 1 saturated heterocycles. The Morgan fingerprint density at radius 2 is 1.96 bits per heavy atom. The van der Waals surface area contributed by atoms with Gasteiger partial charge in [0.25, 0.3) is 5.91 Å². The number of carbonyl (C=O) groups is 1. The molecule has 0 aromatic heterocycles. The Kier molecular flexibility index (Phi) is 5.66. The van der Waals surface area contributed by atoms with Crippen molar-refractivity contribution in [2.24, 2.45) is 0 Å². The molecule has 1 fully saturated rings. The van der Waals surface area contributed by atoms with Crippen LogP contribution in [0.3, 0.4) is 0 Å². The van der Waals surface area contributed by atoms with Crippen molar-refractivity contribution in [3.8, 4) is 11.5 Å².